The quantitative estimate of drug-likeness (QED) is 0.734. The van der Waals surface area contributed by atoms with Crippen LogP contribution in [-0.2, 0) is 6.54 Å². The molecule has 4 heteroatoms. The monoisotopic (exact) mass is 232 g/mol. The van der Waals surface area contributed by atoms with Crippen LogP contribution >= 0.6 is 0 Å². The highest BCUT2D eigenvalue weighted by Crippen LogP contribution is 2.13. The highest BCUT2D eigenvalue weighted by molar-refractivity contribution is 5.74. The van der Waals surface area contributed by atoms with Crippen LogP contribution in [0.1, 0.15) is 19.4 Å². The second-order valence-electron chi connectivity index (χ2n) is 5.23. The molecule has 0 aliphatic carbocycles. The van der Waals surface area contributed by atoms with E-state index in [0.717, 1.165) is 24.1 Å². The highest BCUT2D eigenvalue weighted by atomic mass is 14.9. The van der Waals surface area contributed by atoms with Crippen molar-refractivity contribution in [2.24, 2.45) is 11.1 Å². The number of hydrogen-bond donors (Lipinski definition) is 3. The summed E-state index contributed by atoms with van der Waals surface area (Å²) in [5.74, 6) is 0. The Labute approximate surface area is 102 Å². The van der Waals surface area contributed by atoms with Crippen molar-refractivity contribution in [2.45, 2.75) is 20.4 Å². The minimum absolute atomic E-state index is 0.151. The summed E-state index contributed by atoms with van der Waals surface area (Å²) in [5.41, 5.74) is 9.20. The molecule has 17 heavy (non-hydrogen) atoms. The topological polar surface area (TPSA) is 66.7 Å². The van der Waals surface area contributed by atoms with Crippen molar-refractivity contribution >= 4 is 11.0 Å². The maximum Gasteiger partial charge on any atom is 0.0931 e. The van der Waals surface area contributed by atoms with Gasteiger partial charge in [0.1, 0.15) is 0 Å². The molecule has 4 N–H and O–H groups in total. The Morgan fingerprint density at radius 1 is 1.41 bits per heavy atom. The molecule has 0 unspecified atom stereocenters. The summed E-state index contributed by atoms with van der Waals surface area (Å²) in [6.07, 6.45) is 1.72. The fraction of sp³-hybridized carbons (Fsp3) is 0.462. The van der Waals surface area contributed by atoms with Gasteiger partial charge in [-0.2, -0.15) is 0 Å². The van der Waals surface area contributed by atoms with Gasteiger partial charge in [0, 0.05) is 13.1 Å². The minimum atomic E-state index is 0.151. The van der Waals surface area contributed by atoms with Gasteiger partial charge in [0.25, 0.3) is 0 Å². The second-order valence-corrected chi connectivity index (χ2v) is 5.23. The first-order valence-corrected chi connectivity index (χ1v) is 5.93. The number of aromatic amines is 1. The number of hydrogen-bond acceptors (Lipinski definition) is 3. The molecule has 1 aromatic carbocycles. The molecule has 0 amide bonds. The average Bonchev–Trinajstić information content (AvgIpc) is 2.76. The van der Waals surface area contributed by atoms with Gasteiger partial charge in [-0.1, -0.05) is 19.9 Å². The van der Waals surface area contributed by atoms with Gasteiger partial charge >= 0.3 is 0 Å². The number of nitrogens with zero attached hydrogens (tertiary/aromatic N) is 1. The van der Waals surface area contributed by atoms with Gasteiger partial charge < -0.3 is 16.0 Å². The Morgan fingerprint density at radius 2 is 2.24 bits per heavy atom. The lowest BCUT2D eigenvalue weighted by molar-refractivity contribution is 0.351. The van der Waals surface area contributed by atoms with Gasteiger partial charge in [-0.15, -0.1) is 0 Å². The third-order valence-electron chi connectivity index (χ3n) is 2.97. The normalized spacial score (nSPS) is 12.2. The molecule has 0 radical (unpaired) electrons. The first-order valence-electron chi connectivity index (χ1n) is 5.93. The zero-order chi connectivity index (χ0) is 12.3. The molecule has 0 atom stereocenters. The summed E-state index contributed by atoms with van der Waals surface area (Å²) < 4.78 is 0. The predicted molar refractivity (Wildman–Crippen MR) is 70.6 cm³/mol. The Balaban J connectivity index is 1.95. The molecule has 1 aromatic heterocycles. The first-order chi connectivity index (χ1) is 8.11. The molecule has 0 aliphatic heterocycles. The van der Waals surface area contributed by atoms with E-state index in [-0.39, 0.29) is 5.41 Å². The lowest BCUT2D eigenvalue weighted by Gasteiger charge is -2.22. The lowest BCUT2D eigenvalue weighted by atomic mass is 9.94. The number of imidazole rings is 1. The van der Waals surface area contributed by atoms with E-state index >= 15 is 0 Å². The molecular weight excluding hydrogens is 212 g/mol. The number of rotatable bonds is 5. The molecule has 0 saturated carbocycles. The van der Waals surface area contributed by atoms with Crippen molar-refractivity contribution in [2.75, 3.05) is 13.1 Å². The van der Waals surface area contributed by atoms with Crippen LogP contribution in [0, 0.1) is 5.41 Å². The second kappa shape index (κ2) is 4.85. The Morgan fingerprint density at radius 3 is 3.00 bits per heavy atom. The van der Waals surface area contributed by atoms with Crippen LogP contribution in [0.4, 0.5) is 0 Å². The summed E-state index contributed by atoms with van der Waals surface area (Å²) in [4.78, 5) is 7.32. The van der Waals surface area contributed by atoms with Crippen molar-refractivity contribution in [3.63, 3.8) is 0 Å². The van der Waals surface area contributed by atoms with Gasteiger partial charge in [-0.3, -0.25) is 0 Å². The number of H-pyrrole nitrogens is 1. The molecule has 2 rings (SSSR count). The van der Waals surface area contributed by atoms with Crippen LogP contribution in [0.2, 0.25) is 0 Å². The summed E-state index contributed by atoms with van der Waals surface area (Å²) in [7, 11) is 0. The van der Waals surface area contributed by atoms with E-state index in [4.69, 9.17) is 5.73 Å². The summed E-state index contributed by atoms with van der Waals surface area (Å²) in [6.45, 7) is 6.80. The molecule has 0 bridgehead atoms. The van der Waals surface area contributed by atoms with Crippen molar-refractivity contribution in [1.82, 2.24) is 15.3 Å². The smallest absolute Gasteiger partial charge is 0.0931 e. The average molecular weight is 232 g/mol. The molecule has 0 fully saturated rings. The van der Waals surface area contributed by atoms with Crippen LogP contribution in [0.5, 0.6) is 0 Å². The number of nitrogens with one attached hydrogen (secondary N) is 2. The van der Waals surface area contributed by atoms with E-state index in [1.807, 2.05) is 6.07 Å². The van der Waals surface area contributed by atoms with E-state index in [1.165, 1.54) is 5.56 Å². The van der Waals surface area contributed by atoms with Crippen LogP contribution in [0.15, 0.2) is 24.5 Å². The van der Waals surface area contributed by atoms with Gasteiger partial charge in [0.05, 0.1) is 17.4 Å². The largest absolute Gasteiger partial charge is 0.345 e. The maximum atomic E-state index is 5.69. The SMILES string of the molecule is CC(C)(CN)CNCc1ccc2nc[nH]c2c1. The molecule has 0 saturated heterocycles. The Bertz CT molecular complexity index is 487. The molecule has 0 spiro atoms. The Kier molecular flexibility index (Phi) is 3.45. The van der Waals surface area contributed by atoms with E-state index in [2.05, 4.69) is 41.3 Å². The van der Waals surface area contributed by atoms with Crippen LogP contribution < -0.4 is 11.1 Å². The fourth-order valence-corrected chi connectivity index (χ4v) is 1.71. The molecule has 0 aliphatic rings. The summed E-state index contributed by atoms with van der Waals surface area (Å²) in [5, 5.41) is 3.44. The van der Waals surface area contributed by atoms with Crippen molar-refractivity contribution < 1.29 is 0 Å². The first kappa shape index (κ1) is 12.1. The third kappa shape index (κ3) is 3.05. The number of nitrogens with two attached hydrogens (primary N) is 1. The van der Waals surface area contributed by atoms with Crippen molar-refractivity contribution in [3.05, 3.63) is 30.1 Å². The zero-order valence-corrected chi connectivity index (χ0v) is 10.5. The van der Waals surface area contributed by atoms with Crippen molar-refractivity contribution in [3.8, 4) is 0 Å². The van der Waals surface area contributed by atoms with E-state index in [1.54, 1.807) is 6.33 Å². The summed E-state index contributed by atoms with van der Waals surface area (Å²) >= 11 is 0. The van der Waals surface area contributed by atoms with Gasteiger partial charge in [-0.05, 0) is 29.7 Å². The number of benzene rings is 1. The van der Waals surface area contributed by atoms with Crippen LogP contribution in [0.25, 0.3) is 11.0 Å². The minimum Gasteiger partial charge on any atom is -0.345 e. The van der Waals surface area contributed by atoms with Crippen molar-refractivity contribution in [1.29, 1.82) is 0 Å². The third-order valence-corrected chi connectivity index (χ3v) is 2.97. The van der Waals surface area contributed by atoms with E-state index in [9.17, 15) is 0 Å². The van der Waals surface area contributed by atoms with Gasteiger partial charge in [0.2, 0.25) is 0 Å². The maximum absolute atomic E-state index is 5.69. The molecule has 92 valence electrons. The van der Waals surface area contributed by atoms with Crippen LogP contribution in [-0.4, -0.2) is 23.1 Å². The van der Waals surface area contributed by atoms with Crippen LogP contribution in [0.3, 0.4) is 0 Å². The summed E-state index contributed by atoms with van der Waals surface area (Å²) in [6, 6.07) is 6.27. The molecule has 4 nitrogen and oxygen atoms in total. The molecular formula is C13H20N4. The molecule has 2 aromatic rings. The van der Waals surface area contributed by atoms with Gasteiger partial charge in [-0.25, -0.2) is 4.98 Å². The van der Waals surface area contributed by atoms with E-state index < -0.39 is 0 Å². The Hall–Kier alpha value is -1.39. The van der Waals surface area contributed by atoms with E-state index in [0.29, 0.717) is 6.54 Å². The predicted octanol–water partition coefficient (Wildman–Crippen LogP) is 1.64. The molecule has 1 heterocycles. The standard InChI is InChI=1S/C13H20N4/c1-13(2,7-14)8-15-6-10-3-4-11-12(5-10)17-9-16-11/h3-5,9,15H,6-8,14H2,1-2H3,(H,16,17). The van der Waals surface area contributed by atoms with Gasteiger partial charge in [0.15, 0.2) is 0 Å². The fourth-order valence-electron chi connectivity index (χ4n) is 1.71. The zero-order valence-electron chi connectivity index (χ0n) is 10.5. The highest BCUT2D eigenvalue weighted by Gasteiger charge is 2.14. The number of fused-ring (bicyclic) bond motifs is 1. The number of aromatic nitrogens is 2. The lowest BCUT2D eigenvalue weighted by Crippen LogP contribution is -2.35.